The zero-order chi connectivity index (χ0) is 22.1. The van der Waals surface area contributed by atoms with Crippen molar-refractivity contribution >= 4 is 34.0 Å². The van der Waals surface area contributed by atoms with Crippen molar-refractivity contribution in [2.75, 3.05) is 35.0 Å². The Balaban J connectivity index is 1.92. The summed E-state index contributed by atoms with van der Waals surface area (Å²) in [7, 11) is 6.03. The number of hydrogen-bond donors (Lipinski definition) is 2. The maximum atomic E-state index is 12.2. The Bertz CT molecular complexity index is 948. The summed E-state index contributed by atoms with van der Waals surface area (Å²) >= 11 is 3.38. The van der Waals surface area contributed by atoms with Crippen LogP contribution in [0.5, 0.6) is 23.0 Å². The summed E-state index contributed by atoms with van der Waals surface area (Å²) < 4.78 is 21.5. The molecule has 160 valence electrons. The third-order valence-electron chi connectivity index (χ3n) is 3.91. The number of ether oxygens (including phenoxy) is 4. The lowest BCUT2D eigenvalue weighted by Gasteiger charge is -2.10. The second-order valence-electron chi connectivity index (χ2n) is 5.78. The van der Waals surface area contributed by atoms with Crippen molar-refractivity contribution in [3.8, 4) is 23.0 Å². The van der Waals surface area contributed by atoms with E-state index < -0.39 is 11.8 Å². The number of rotatable bonds is 9. The summed E-state index contributed by atoms with van der Waals surface area (Å²) in [4.78, 5) is 24.2. The van der Waals surface area contributed by atoms with Gasteiger partial charge in [-0.3, -0.25) is 9.59 Å². The molecule has 0 saturated carbocycles. The molecule has 2 amide bonds. The zero-order valence-electron chi connectivity index (χ0n) is 16.9. The van der Waals surface area contributed by atoms with E-state index in [0.29, 0.717) is 38.6 Å². The molecule has 30 heavy (non-hydrogen) atoms. The highest BCUT2D eigenvalue weighted by atomic mass is 79.9. The van der Waals surface area contributed by atoms with Gasteiger partial charge in [0.15, 0.2) is 23.0 Å². The number of benzene rings is 2. The first-order chi connectivity index (χ1) is 14.4. The van der Waals surface area contributed by atoms with E-state index in [1.165, 1.54) is 40.7 Å². The van der Waals surface area contributed by atoms with Gasteiger partial charge in [0.1, 0.15) is 0 Å². The zero-order valence-corrected chi connectivity index (χ0v) is 18.5. The first kappa shape index (κ1) is 23.0. The average molecular weight is 480 g/mol. The van der Waals surface area contributed by atoms with Crippen molar-refractivity contribution in [1.29, 1.82) is 0 Å². The molecule has 2 aromatic rings. The Labute approximate surface area is 182 Å². The van der Waals surface area contributed by atoms with E-state index in [0.717, 1.165) is 0 Å². The lowest BCUT2D eigenvalue weighted by atomic mass is 10.2. The van der Waals surface area contributed by atoms with Crippen LogP contribution >= 0.6 is 15.9 Å². The van der Waals surface area contributed by atoms with Crippen LogP contribution in [0.4, 0.5) is 0 Å². The van der Waals surface area contributed by atoms with Crippen LogP contribution < -0.4 is 29.7 Å². The van der Waals surface area contributed by atoms with Gasteiger partial charge < -0.3 is 24.3 Å². The Kier molecular flexibility index (Phi) is 8.48. The second kappa shape index (κ2) is 11.1. The molecule has 2 aromatic carbocycles. The summed E-state index contributed by atoms with van der Waals surface area (Å²) in [6.45, 7) is -0.250. The third-order valence-corrected chi connectivity index (χ3v) is 4.50. The highest BCUT2D eigenvalue weighted by molar-refractivity contribution is 9.10. The van der Waals surface area contributed by atoms with Gasteiger partial charge in [0.05, 0.1) is 45.7 Å². The molecule has 0 aromatic heterocycles. The van der Waals surface area contributed by atoms with E-state index in [-0.39, 0.29) is 6.54 Å². The standard InChI is InChI=1S/C20H22BrN3O6/c1-27-15-6-5-13(9-16(15)28-2)20(26)22-11-18(25)24-23-10-12-7-14(21)19(30-4)17(8-12)29-3/h5-10H,11H2,1-4H3,(H,22,26)(H,24,25)/b23-10-. The van der Waals surface area contributed by atoms with Crippen LogP contribution in [0.2, 0.25) is 0 Å². The van der Waals surface area contributed by atoms with Gasteiger partial charge >= 0.3 is 0 Å². The van der Waals surface area contributed by atoms with Crippen molar-refractivity contribution in [2.45, 2.75) is 0 Å². The van der Waals surface area contributed by atoms with Gasteiger partial charge in [0.2, 0.25) is 0 Å². The Morgan fingerprint density at radius 3 is 2.30 bits per heavy atom. The van der Waals surface area contributed by atoms with Crippen LogP contribution in [0, 0.1) is 0 Å². The van der Waals surface area contributed by atoms with E-state index in [1.54, 1.807) is 24.3 Å². The van der Waals surface area contributed by atoms with E-state index in [2.05, 4.69) is 31.8 Å². The fraction of sp³-hybridized carbons (Fsp3) is 0.250. The van der Waals surface area contributed by atoms with Gasteiger partial charge in [-0.05, 0) is 51.8 Å². The molecule has 0 radical (unpaired) electrons. The topological polar surface area (TPSA) is 107 Å². The first-order valence-corrected chi connectivity index (χ1v) is 9.46. The molecule has 0 aliphatic carbocycles. The minimum absolute atomic E-state index is 0.250. The van der Waals surface area contributed by atoms with E-state index >= 15 is 0 Å². The van der Waals surface area contributed by atoms with Crippen LogP contribution in [0.3, 0.4) is 0 Å². The molecule has 0 unspecified atom stereocenters. The van der Waals surface area contributed by atoms with Crippen molar-refractivity contribution in [3.63, 3.8) is 0 Å². The molecule has 0 atom stereocenters. The predicted octanol–water partition coefficient (Wildman–Crippen LogP) is 2.36. The number of carbonyl (C=O) groups excluding carboxylic acids is 2. The molecule has 0 saturated heterocycles. The highest BCUT2D eigenvalue weighted by Gasteiger charge is 2.12. The van der Waals surface area contributed by atoms with Gasteiger partial charge in [-0.15, -0.1) is 0 Å². The lowest BCUT2D eigenvalue weighted by molar-refractivity contribution is -0.120. The minimum Gasteiger partial charge on any atom is -0.493 e. The molecule has 10 heteroatoms. The second-order valence-corrected chi connectivity index (χ2v) is 6.64. The van der Waals surface area contributed by atoms with E-state index in [4.69, 9.17) is 18.9 Å². The fourth-order valence-electron chi connectivity index (χ4n) is 2.47. The number of nitrogens with one attached hydrogen (secondary N) is 2. The monoisotopic (exact) mass is 479 g/mol. The third kappa shape index (κ3) is 5.86. The van der Waals surface area contributed by atoms with Crippen molar-refractivity contribution < 1.29 is 28.5 Å². The normalized spacial score (nSPS) is 10.4. The summed E-state index contributed by atoms with van der Waals surface area (Å²) in [6, 6.07) is 8.17. The summed E-state index contributed by atoms with van der Waals surface area (Å²) in [6.07, 6.45) is 1.45. The van der Waals surface area contributed by atoms with Crippen molar-refractivity contribution in [2.24, 2.45) is 5.10 Å². The van der Waals surface area contributed by atoms with Crippen LogP contribution in [-0.2, 0) is 4.79 Å². The minimum atomic E-state index is -0.486. The molecular weight excluding hydrogens is 458 g/mol. The van der Waals surface area contributed by atoms with E-state index in [9.17, 15) is 9.59 Å². The molecule has 0 bridgehead atoms. The lowest BCUT2D eigenvalue weighted by Crippen LogP contribution is -2.34. The quantitative estimate of drug-likeness (QED) is 0.422. The smallest absolute Gasteiger partial charge is 0.259 e. The summed E-state index contributed by atoms with van der Waals surface area (Å²) in [5.41, 5.74) is 3.36. The molecule has 0 aliphatic heterocycles. The molecule has 2 N–H and O–H groups in total. The van der Waals surface area contributed by atoms with Crippen molar-refractivity contribution in [1.82, 2.24) is 10.7 Å². The largest absolute Gasteiger partial charge is 0.493 e. The average Bonchev–Trinajstić information content (AvgIpc) is 2.76. The van der Waals surface area contributed by atoms with Crippen LogP contribution in [0.15, 0.2) is 39.9 Å². The number of hydrazone groups is 1. The number of methoxy groups -OCH3 is 4. The molecule has 2 rings (SSSR count). The predicted molar refractivity (Wildman–Crippen MR) is 115 cm³/mol. The van der Waals surface area contributed by atoms with Gasteiger partial charge in [-0.25, -0.2) is 5.43 Å². The Morgan fingerprint density at radius 1 is 0.967 bits per heavy atom. The Hall–Kier alpha value is -3.27. The molecule has 0 fully saturated rings. The van der Waals surface area contributed by atoms with E-state index in [1.807, 2.05) is 0 Å². The SMILES string of the molecule is COc1ccc(C(=O)NCC(=O)N/N=C\c2cc(Br)c(OC)c(OC)c2)cc1OC. The molecular formula is C20H22BrN3O6. The highest BCUT2D eigenvalue weighted by Crippen LogP contribution is 2.35. The number of carbonyl (C=O) groups is 2. The summed E-state index contributed by atoms with van der Waals surface area (Å²) in [5, 5.41) is 6.40. The van der Waals surface area contributed by atoms with Crippen LogP contribution in [-0.4, -0.2) is 53.0 Å². The number of nitrogens with zero attached hydrogens (tertiary/aromatic N) is 1. The van der Waals surface area contributed by atoms with Gasteiger partial charge in [-0.1, -0.05) is 0 Å². The van der Waals surface area contributed by atoms with Crippen molar-refractivity contribution in [3.05, 3.63) is 45.9 Å². The number of halogens is 1. The number of hydrogen-bond acceptors (Lipinski definition) is 7. The first-order valence-electron chi connectivity index (χ1n) is 8.67. The Morgan fingerprint density at radius 2 is 1.67 bits per heavy atom. The van der Waals surface area contributed by atoms with Gasteiger partial charge in [-0.2, -0.15) is 5.10 Å². The molecule has 0 aliphatic rings. The van der Waals surface area contributed by atoms with Gasteiger partial charge in [0, 0.05) is 5.56 Å². The maximum Gasteiger partial charge on any atom is 0.259 e. The number of amides is 2. The van der Waals surface area contributed by atoms with Crippen LogP contribution in [0.1, 0.15) is 15.9 Å². The molecule has 0 spiro atoms. The maximum absolute atomic E-state index is 12.2. The van der Waals surface area contributed by atoms with Gasteiger partial charge in [0.25, 0.3) is 11.8 Å². The fourth-order valence-corrected chi connectivity index (χ4v) is 3.09. The molecule has 0 heterocycles. The summed E-state index contributed by atoms with van der Waals surface area (Å²) in [5.74, 6) is 1.07. The van der Waals surface area contributed by atoms with Crippen LogP contribution in [0.25, 0.3) is 0 Å². The molecule has 9 nitrogen and oxygen atoms in total.